The number of nitrogens with zero attached hydrogens (tertiary/aromatic N) is 2. The smallest absolute Gasteiger partial charge is 0.214 e. The van der Waals surface area contributed by atoms with Crippen molar-refractivity contribution >= 4 is 10.0 Å². The van der Waals surface area contributed by atoms with Gasteiger partial charge in [0.2, 0.25) is 10.0 Å². The Kier molecular flexibility index (Phi) is 5.67. The van der Waals surface area contributed by atoms with E-state index in [0.29, 0.717) is 24.9 Å². The van der Waals surface area contributed by atoms with Crippen LogP contribution in [0.5, 0.6) is 0 Å². The molecule has 1 aromatic rings. The molecule has 0 amide bonds. The summed E-state index contributed by atoms with van der Waals surface area (Å²) in [7, 11) is -3.15. The minimum absolute atomic E-state index is 0.279. The van der Waals surface area contributed by atoms with Gasteiger partial charge < -0.3 is 4.74 Å². The first kappa shape index (κ1) is 16.9. The molecule has 2 aliphatic rings. The highest BCUT2D eigenvalue weighted by molar-refractivity contribution is 7.89. The highest BCUT2D eigenvalue weighted by Crippen LogP contribution is 2.29. The van der Waals surface area contributed by atoms with Gasteiger partial charge in [-0.05, 0) is 61.6 Å². The number of pyridine rings is 1. The van der Waals surface area contributed by atoms with Crippen LogP contribution in [0.2, 0.25) is 0 Å². The van der Waals surface area contributed by atoms with Crippen molar-refractivity contribution < 1.29 is 13.2 Å². The molecule has 0 aromatic carbocycles. The van der Waals surface area contributed by atoms with E-state index in [1.165, 1.54) is 5.56 Å². The predicted molar refractivity (Wildman–Crippen MR) is 89.7 cm³/mol. The molecule has 3 heterocycles. The molecule has 0 radical (unpaired) electrons. The van der Waals surface area contributed by atoms with Crippen molar-refractivity contribution in [2.24, 2.45) is 5.92 Å². The molecular weight excluding hydrogens is 312 g/mol. The fraction of sp³-hybridized carbons (Fsp3) is 0.706. The minimum atomic E-state index is -3.15. The van der Waals surface area contributed by atoms with Gasteiger partial charge in [0.05, 0.1) is 5.75 Å². The second kappa shape index (κ2) is 7.73. The minimum Gasteiger partial charge on any atom is -0.381 e. The Morgan fingerprint density at radius 1 is 1.17 bits per heavy atom. The van der Waals surface area contributed by atoms with Crippen LogP contribution in [0.15, 0.2) is 24.5 Å². The topological polar surface area (TPSA) is 59.5 Å². The molecule has 6 heteroatoms. The third-order valence-electron chi connectivity index (χ3n) is 5.08. The Labute approximate surface area is 139 Å². The molecule has 0 bridgehead atoms. The molecule has 1 aromatic heterocycles. The molecule has 0 saturated carbocycles. The molecule has 0 spiro atoms. The summed E-state index contributed by atoms with van der Waals surface area (Å²) in [5, 5.41) is 0. The van der Waals surface area contributed by atoms with Crippen molar-refractivity contribution in [2.45, 2.75) is 38.0 Å². The van der Waals surface area contributed by atoms with Crippen LogP contribution >= 0.6 is 0 Å². The van der Waals surface area contributed by atoms with Gasteiger partial charge in [0.1, 0.15) is 0 Å². The van der Waals surface area contributed by atoms with Crippen LogP contribution in [0.1, 0.15) is 43.6 Å². The maximum atomic E-state index is 12.7. The van der Waals surface area contributed by atoms with Crippen LogP contribution in [0.4, 0.5) is 0 Å². The summed E-state index contributed by atoms with van der Waals surface area (Å²) in [6, 6.07) is 4.01. The van der Waals surface area contributed by atoms with Crippen molar-refractivity contribution in [3.63, 3.8) is 0 Å². The maximum Gasteiger partial charge on any atom is 0.214 e. The van der Waals surface area contributed by atoms with Crippen molar-refractivity contribution in [3.05, 3.63) is 30.1 Å². The molecule has 23 heavy (non-hydrogen) atoms. The Bertz CT molecular complexity index is 585. The van der Waals surface area contributed by atoms with E-state index >= 15 is 0 Å². The predicted octanol–water partition coefficient (Wildman–Crippen LogP) is 2.41. The van der Waals surface area contributed by atoms with Gasteiger partial charge in [-0.1, -0.05) is 0 Å². The molecule has 0 N–H and O–H groups in total. The highest BCUT2D eigenvalue weighted by Gasteiger charge is 2.30. The van der Waals surface area contributed by atoms with Gasteiger partial charge in [0.15, 0.2) is 0 Å². The van der Waals surface area contributed by atoms with Gasteiger partial charge in [-0.25, -0.2) is 12.7 Å². The quantitative estimate of drug-likeness (QED) is 0.827. The molecule has 5 nitrogen and oxygen atoms in total. The number of piperidine rings is 1. The third-order valence-corrected chi connectivity index (χ3v) is 6.95. The molecular formula is C17H26N2O3S. The SMILES string of the molecule is O=S(=O)(CCC1CCOCC1)N1CCCC(c2ccncc2)C1. The van der Waals surface area contributed by atoms with Crippen LogP contribution in [0, 0.1) is 5.92 Å². The van der Waals surface area contributed by atoms with Crippen LogP contribution in [-0.4, -0.2) is 49.8 Å². The first-order valence-corrected chi connectivity index (χ1v) is 10.2. The molecule has 2 saturated heterocycles. The van der Waals surface area contributed by atoms with Gasteiger partial charge in [-0.15, -0.1) is 0 Å². The molecule has 0 aliphatic carbocycles. The summed E-state index contributed by atoms with van der Waals surface area (Å²) < 4.78 is 32.4. The summed E-state index contributed by atoms with van der Waals surface area (Å²) >= 11 is 0. The van der Waals surface area contributed by atoms with Crippen molar-refractivity contribution in [2.75, 3.05) is 32.1 Å². The standard InChI is InChI=1S/C17H26N2O3S/c20-23(21,13-7-15-5-11-22-12-6-15)19-10-1-2-17(14-19)16-3-8-18-9-4-16/h3-4,8-9,15,17H,1-2,5-7,10-14H2. The van der Waals surface area contributed by atoms with E-state index in [2.05, 4.69) is 4.98 Å². The number of sulfonamides is 1. The van der Waals surface area contributed by atoms with E-state index in [9.17, 15) is 8.42 Å². The number of aromatic nitrogens is 1. The lowest BCUT2D eigenvalue weighted by Crippen LogP contribution is -2.40. The zero-order valence-electron chi connectivity index (χ0n) is 13.6. The summed E-state index contributed by atoms with van der Waals surface area (Å²) in [5.41, 5.74) is 1.20. The number of ether oxygens (including phenoxy) is 1. The zero-order chi connectivity index (χ0) is 16.1. The van der Waals surface area contributed by atoms with E-state index in [0.717, 1.165) is 45.3 Å². The first-order chi connectivity index (χ1) is 11.1. The second-order valence-electron chi connectivity index (χ2n) is 6.64. The zero-order valence-corrected chi connectivity index (χ0v) is 14.4. The van der Waals surface area contributed by atoms with E-state index in [1.54, 1.807) is 16.7 Å². The van der Waals surface area contributed by atoms with Crippen LogP contribution in [-0.2, 0) is 14.8 Å². The largest absolute Gasteiger partial charge is 0.381 e. The Hall–Kier alpha value is -0.980. The van der Waals surface area contributed by atoms with Crippen molar-refractivity contribution in [1.82, 2.24) is 9.29 Å². The van der Waals surface area contributed by atoms with Gasteiger partial charge in [0, 0.05) is 38.7 Å². The molecule has 2 fully saturated rings. The van der Waals surface area contributed by atoms with E-state index in [-0.39, 0.29) is 5.75 Å². The normalized spacial score (nSPS) is 24.6. The van der Waals surface area contributed by atoms with Crippen molar-refractivity contribution in [1.29, 1.82) is 0 Å². The molecule has 1 atom stereocenters. The fourth-order valence-electron chi connectivity index (χ4n) is 3.58. The number of rotatable bonds is 5. The summed E-state index contributed by atoms with van der Waals surface area (Å²) in [4.78, 5) is 4.05. The van der Waals surface area contributed by atoms with Crippen LogP contribution in [0.3, 0.4) is 0 Å². The average molecular weight is 338 g/mol. The van der Waals surface area contributed by atoms with Gasteiger partial charge in [-0.2, -0.15) is 0 Å². The molecule has 3 rings (SSSR count). The lowest BCUT2D eigenvalue weighted by molar-refractivity contribution is 0.0655. The first-order valence-electron chi connectivity index (χ1n) is 8.60. The number of hydrogen-bond donors (Lipinski definition) is 0. The van der Waals surface area contributed by atoms with Gasteiger partial charge in [0.25, 0.3) is 0 Å². The van der Waals surface area contributed by atoms with Crippen molar-refractivity contribution in [3.8, 4) is 0 Å². The maximum absolute atomic E-state index is 12.7. The summed E-state index contributed by atoms with van der Waals surface area (Å²) in [6.07, 6.45) is 8.31. The van der Waals surface area contributed by atoms with Gasteiger partial charge >= 0.3 is 0 Å². The Morgan fingerprint density at radius 3 is 2.65 bits per heavy atom. The lowest BCUT2D eigenvalue weighted by atomic mass is 9.92. The monoisotopic (exact) mass is 338 g/mol. The number of hydrogen-bond acceptors (Lipinski definition) is 4. The summed E-state index contributed by atoms with van der Waals surface area (Å²) in [6.45, 7) is 2.83. The third kappa shape index (κ3) is 4.52. The lowest BCUT2D eigenvalue weighted by Gasteiger charge is -2.32. The van der Waals surface area contributed by atoms with E-state index < -0.39 is 10.0 Å². The second-order valence-corrected chi connectivity index (χ2v) is 8.73. The summed E-state index contributed by atoms with van der Waals surface area (Å²) in [5.74, 6) is 1.07. The van der Waals surface area contributed by atoms with Crippen LogP contribution < -0.4 is 0 Å². The molecule has 128 valence electrons. The van der Waals surface area contributed by atoms with Crippen LogP contribution in [0.25, 0.3) is 0 Å². The average Bonchev–Trinajstić information content (AvgIpc) is 2.62. The van der Waals surface area contributed by atoms with E-state index in [1.807, 2.05) is 12.1 Å². The Morgan fingerprint density at radius 2 is 1.91 bits per heavy atom. The van der Waals surface area contributed by atoms with E-state index in [4.69, 9.17) is 4.74 Å². The highest BCUT2D eigenvalue weighted by atomic mass is 32.2. The van der Waals surface area contributed by atoms with Gasteiger partial charge in [-0.3, -0.25) is 4.98 Å². The fourth-order valence-corrected chi connectivity index (χ4v) is 5.29. The molecule has 1 unspecified atom stereocenters. The Balaban J connectivity index is 1.58. The molecule has 2 aliphatic heterocycles.